The van der Waals surface area contributed by atoms with Gasteiger partial charge in [0.2, 0.25) is 9.05 Å². The van der Waals surface area contributed by atoms with Gasteiger partial charge in [0.15, 0.2) is 14.9 Å². The van der Waals surface area contributed by atoms with E-state index in [0.29, 0.717) is 10.2 Å². The van der Waals surface area contributed by atoms with Crippen molar-refractivity contribution >= 4 is 51.1 Å². The van der Waals surface area contributed by atoms with Gasteiger partial charge in [-0.05, 0) is 11.4 Å². The third-order valence-corrected chi connectivity index (χ3v) is 6.01. The normalized spacial score (nSPS) is 12.9. The molecule has 0 atom stereocenters. The Labute approximate surface area is 112 Å². The molecule has 2 heterocycles. The monoisotopic (exact) mass is 326 g/mol. The molecule has 10 heteroatoms. The van der Waals surface area contributed by atoms with Crippen LogP contribution in [0.1, 0.15) is 0 Å². The summed E-state index contributed by atoms with van der Waals surface area (Å²) >= 11 is 1.28. The van der Waals surface area contributed by atoms with Crippen molar-refractivity contribution in [3.8, 4) is 0 Å². The van der Waals surface area contributed by atoms with E-state index in [9.17, 15) is 16.8 Å². The fourth-order valence-corrected chi connectivity index (χ4v) is 5.26. The Balaban J connectivity index is 2.44. The average Bonchev–Trinajstić information content (AvgIpc) is 2.73. The summed E-state index contributed by atoms with van der Waals surface area (Å²) in [5.41, 5.74) is 0. The summed E-state index contributed by atoms with van der Waals surface area (Å²) < 4.78 is 45.6. The first-order valence-electron chi connectivity index (χ1n) is 4.63. The van der Waals surface area contributed by atoms with Crippen LogP contribution in [0.3, 0.4) is 0 Å². The maximum absolute atomic E-state index is 12.0. The molecule has 18 heavy (non-hydrogen) atoms. The molecule has 0 aliphatic heterocycles. The minimum Gasteiger partial charge on any atom is -0.225 e. The number of fused-ring (bicyclic) bond motifs is 1. The van der Waals surface area contributed by atoms with E-state index in [0.717, 1.165) is 6.33 Å². The molecule has 2 rings (SSSR count). The number of halogens is 1. The summed E-state index contributed by atoms with van der Waals surface area (Å²) in [6.07, 6.45) is 1.14. The topological polar surface area (TPSA) is 94.1 Å². The maximum atomic E-state index is 12.0. The molecule has 6 nitrogen and oxygen atoms in total. The summed E-state index contributed by atoms with van der Waals surface area (Å²) in [7, 11) is -2.65. The van der Waals surface area contributed by atoms with Gasteiger partial charge < -0.3 is 0 Å². The van der Waals surface area contributed by atoms with Gasteiger partial charge in [-0.3, -0.25) is 0 Å². The minimum atomic E-state index is -3.85. The quantitative estimate of drug-likeness (QED) is 0.615. The van der Waals surface area contributed by atoms with Crippen LogP contribution in [-0.4, -0.2) is 38.3 Å². The Morgan fingerprint density at radius 1 is 1.17 bits per heavy atom. The second kappa shape index (κ2) is 4.72. The summed E-state index contributed by atoms with van der Waals surface area (Å²) in [6.45, 7) is 0. The summed E-state index contributed by atoms with van der Waals surface area (Å²) in [6, 6.07) is 1.59. The summed E-state index contributed by atoms with van der Waals surface area (Å²) in [4.78, 5) is 8.18. The van der Waals surface area contributed by atoms with Crippen molar-refractivity contribution in [3.63, 3.8) is 0 Å². The third kappa shape index (κ3) is 2.97. The molecule has 0 fully saturated rings. The molecule has 0 saturated heterocycles. The predicted molar refractivity (Wildman–Crippen MR) is 69.1 cm³/mol. The van der Waals surface area contributed by atoms with Gasteiger partial charge in [-0.15, -0.1) is 11.3 Å². The van der Waals surface area contributed by atoms with Gasteiger partial charge in [-0.2, -0.15) is 0 Å². The molecule has 98 valence electrons. The number of aromatic nitrogens is 2. The zero-order chi connectivity index (χ0) is 13.4. The zero-order valence-electron chi connectivity index (χ0n) is 8.78. The molecule has 0 bridgehead atoms. The first-order valence-corrected chi connectivity index (χ1v) is 9.64. The van der Waals surface area contributed by atoms with Crippen molar-refractivity contribution in [3.05, 3.63) is 17.8 Å². The van der Waals surface area contributed by atoms with Crippen LogP contribution < -0.4 is 0 Å². The number of thiophene rings is 1. The Kier molecular flexibility index (Phi) is 3.58. The van der Waals surface area contributed by atoms with Gasteiger partial charge >= 0.3 is 0 Å². The molecule has 0 aliphatic rings. The van der Waals surface area contributed by atoms with E-state index in [-0.39, 0.29) is 5.03 Å². The molecule has 0 N–H and O–H groups in total. The largest absolute Gasteiger partial charge is 0.233 e. The highest BCUT2D eigenvalue weighted by atomic mass is 35.7. The number of hydrogen-bond donors (Lipinski definition) is 0. The highest BCUT2D eigenvalue weighted by Gasteiger charge is 2.22. The van der Waals surface area contributed by atoms with Gasteiger partial charge in [-0.1, -0.05) is 0 Å². The molecular weight excluding hydrogens is 320 g/mol. The molecule has 0 saturated carbocycles. The van der Waals surface area contributed by atoms with Crippen LogP contribution in [0.4, 0.5) is 0 Å². The Morgan fingerprint density at radius 3 is 2.56 bits per heavy atom. The second-order valence-electron chi connectivity index (χ2n) is 3.38. The SMILES string of the molecule is O=S(=O)(Cl)CCS(=O)(=O)c1ncnc2sccc12. The van der Waals surface area contributed by atoms with E-state index in [1.165, 1.54) is 11.3 Å². The molecule has 0 unspecified atom stereocenters. The van der Waals surface area contributed by atoms with E-state index in [4.69, 9.17) is 10.7 Å². The van der Waals surface area contributed by atoms with Crippen molar-refractivity contribution in [1.29, 1.82) is 0 Å². The molecule has 0 aromatic carbocycles. The molecule has 2 aromatic rings. The van der Waals surface area contributed by atoms with Gasteiger partial charge in [0.1, 0.15) is 11.2 Å². The van der Waals surface area contributed by atoms with Crippen molar-refractivity contribution in [1.82, 2.24) is 9.97 Å². The van der Waals surface area contributed by atoms with E-state index >= 15 is 0 Å². The molecular formula is C8H7ClN2O4S3. The van der Waals surface area contributed by atoms with Crippen LogP contribution >= 0.6 is 22.0 Å². The van der Waals surface area contributed by atoms with Crippen molar-refractivity contribution < 1.29 is 16.8 Å². The number of rotatable bonds is 4. The maximum Gasteiger partial charge on any atom is 0.233 e. The van der Waals surface area contributed by atoms with E-state index < -0.39 is 30.4 Å². The Bertz CT molecular complexity index is 782. The highest BCUT2D eigenvalue weighted by Crippen LogP contribution is 2.24. The fraction of sp³-hybridized carbons (Fsp3) is 0.250. The molecule has 0 spiro atoms. The van der Waals surface area contributed by atoms with E-state index in [2.05, 4.69) is 9.97 Å². The van der Waals surface area contributed by atoms with Gasteiger partial charge in [0.25, 0.3) is 0 Å². The number of nitrogens with zero attached hydrogens (tertiary/aromatic N) is 2. The lowest BCUT2D eigenvalue weighted by atomic mass is 10.4. The first-order chi connectivity index (χ1) is 8.30. The fourth-order valence-electron chi connectivity index (χ4n) is 1.32. The Hall–Kier alpha value is -0.770. The second-order valence-corrected chi connectivity index (χ2v) is 9.20. The van der Waals surface area contributed by atoms with E-state index in [1.54, 1.807) is 11.4 Å². The van der Waals surface area contributed by atoms with Crippen LogP contribution in [0.15, 0.2) is 22.8 Å². The lowest BCUT2D eigenvalue weighted by Gasteiger charge is -2.02. The van der Waals surface area contributed by atoms with Gasteiger partial charge in [-0.25, -0.2) is 26.8 Å². The zero-order valence-corrected chi connectivity index (χ0v) is 12.0. The van der Waals surface area contributed by atoms with Crippen LogP contribution in [0.25, 0.3) is 10.2 Å². The molecule has 0 amide bonds. The average molecular weight is 327 g/mol. The predicted octanol–water partition coefficient (Wildman–Crippen LogP) is 1.03. The van der Waals surface area contributed by atoms with Crippen LogP contribution in [0.2, 0.25) is 0 Å². The van der Waals surface area contributed by atoms with Gasteiger partial charge in [0, 0.05) is 16.1 Å². The van der Waals surface area contributed by atoms with Crippen molar-refractivity contribution in [2.45, 2.75) is 5.03 Å². The van der Waals surface area contributed by atoms with Crippen LogP contribution in [-0.2, 0) is 18.9 Å². The number of sulfone groups is 1. The molecule has 2 aromatic heterocycles. The van der Waals surface area contributed by atoms with Crippen molar-refractivity contribution in [2.75, 3.05) is 11.5 Å². The third-order valence-electron chi connectivity index (χ3n) is 2.12. The lowest BCUT2D eigenvalue weighted by molar-refractivity contribution is 0.590. The summed E-state index contributed by atoms with van der Waals surface area (Å²) in [5.74, 6) is -1.24. The van der Waals surface area contributed by atoms with Crippen LogP contribution in [0, 0.1) is 0 Å². The van der Waals surface area contributed by atoms with Crippen LogP contribution in [0.5, 0.6) is 0 Å². The minimum absolute atomic E-state index is 0.158. The summed E-state index contributed by atoms with van der Waals surface area (Å²) in [5, 5.41) is 1.93. The van der Waals surface area contributed by atoms with Crippen molar-refractivity contribution in [2.24, 2.45) is 0 Å². The molecule has 0 radical (unpaired) electrons. The van der Waals surface area contributed by atoms with E-state index in [1.807, 2.05) is 0 Å². The first kappa shape index (κ1) is 13.7. The standard InChI is InChI=1S/C8H7ClN2O4S3/c9-18(14,15)4-3-17(12,13)8-6-1-2-16-7(6)10-5-11-8/h1-2,5H,3-4H2. The Morgan fingerprint density at radius 2 is 1.89 bits per heavy atom. The van der Waals surface area contributed by atoms with Gasteiger partial charge in [0.05, 0.1) is 11.5 Å². The lowest BCUT2D eigenvalue weighted by Crippen LogP contribution is -2.15. The number of hydrogen-bond acceptors (Lipinski definition) is 7. The molecule has 0 aliphatic carbocycles. The smallest absolute Gasteiger partial charge is 0.225 e. The highest BCUT2D eigenvalue weighted by molar-refractivity contribution is 8.14.